The van der Waals surface area contributed by atoms with Crippen molar-refractivity contribution in [1.82, 2.24) is 0 Å². The van der Waals surface area contributed by atoms with Gasteiger partial charge >= 0.3 is 5.97 Å². The SMILES string of the molecule is C=CCOc1cccc(C2C(C#N)=C(N)Oc3cc(OC(=O)/C=C/c4ccccc4Cl)ccc32)c1. The first-order valence-electron chi connectivity index (χ1n) is 10.7. The first-order chi connectivity index (χ1) is 17.0. The zero-order valence-corrected chi connectivity index (χ0v) is 19.4. The Hall–Kier alpha value is -4.47. The van der Waals surface area contributed by atoms with Crippen LogP contribution in [0, 0.1) is 11.3 Å². The summed E-state index contributed by atoms with van der Waals surface area (Å²) in [5, 5.41) is 10.3. The maximum absolute atomic E-state index is 12.3. The van der Waals surface area contributed by atoms with Gasteiger partial charge in [0.05, 0.1) is 5.92 Å². The molecule has 0 saturated carbocycles. The molecule has 0 radical (unpaired) electrons. The van der Waals surface area contributed by atoms with Crippen LogP contribution in [0.5, 0.6) is 17.2 Å². The Balaban J connectivity index is 1.61. The van der Waals surface area contributed by atoms with E-state index in [2.05, 4.69) is 12.6 Å². The van der Waals surface area contributed by atoms with Crippen LogP contribution >= 0.6 is 11.6 Å². The van der Waals surface area contributed by atoms with Gasteiger partial charge in [-0.2, -0.15) is 5.26 Å². The van der Waals surface area contributed by atoms with E-state index in [9.17, 15) is 10.1 Å². The van der Waals surface area contributed by atoms with Gasteiger partial charge < -0.3 is 19.9 Å². The molecule has 0 bridgehead atoms. The summed E-state index contributed by atoms with van der Waals surface area (Å²) in [7, 11) is 0. The highest BCUT2D eigenvalue weighted by molar-refractivity contribution is 6.32. The minimum atomic E-state index is -0.578. The number of nitrogens with two attached hydrogens (primary N) is 1. The number of halogens is 1. The minimum Gasteiger partial charge on any atom is -0.490 e. The van der Waals surface area contributed by atoms with Gasteiger partial charge in [0.25, 0.3) is 0 Å². The fourth-order valence-corrected chi connectivity index (χ4v) is 3.90. The largest absolute Gasteiger partial charge is 0.490 e. The Morgan fingerprint density at radius 3 is 2.74 bits per heavy atom. The lowest BCUT2D eigenvalue weighted by Gasteiger charge is -2.27. The van der Waals surface area contributed by atoms with Crippen molar-refractivity contribution >= 4 is 23.6 Å². The summed E-state index contributed by atoms with van der Waals surface area (Å²) in [4.78, 5) is 12.3. The molecule has 0 aliphatic carbocycles. The van der Waals surface area contributed by atoms with Crippen LogP contribution in [0.2, 0.25) is 5.02 Å². The number of nitrogens with zero attached hydrogens (tertiary/aromatic N) is 1. The molecular formula is C28H21ClN2O4. The second-order valence-corrected chi connectivity index (χ2v) is 7.98. The molecule has 1 unspecified atom stereocenters. The standard InChI is InChI=1S/C28H21ClN2O4/c1-2-14-33-20-8-5-7-19(15-20)27-22-12-11-21(16-25(22)35-28(31)23(27)17-30)34-26(32)13-10-18-6-3-4-9-24(18)29/h2-13,15-16,27H,1,14,31H2/b13-10+. The second-order valence-electron chi connectivity index (χ2n) is 7.57. The molecule has 0 spiro atoms. The van der Waals surface area contributed by atoms with E-state index in [-0.39, 0.29) is 17.2 Å². The van der Waals surface area contributed by atoms with E-state index >= 15 is 0 Å². The molecule has 1 atom stereocenters. The monoisotopic (exact) mass is 484 g/mol. The number of fused-ring (bicyclic) bond motifs is 1. The molecule has 3 aromatic rings. The van der Waals surface area contributed by atoms with Crippen LogP contribution in [0.3, 0.4) is 0 Å². The van der Waals surface area contributed by atoms with Gasteiger partial charge in [-0.1, -0.05) is 60.7 Å². The highest BCUT2D eigenvalue weighted by Gasteiger charge is 2.31. The van der Waals surface area contributed by atoms with Crippen molar-refractivity contribution in [2.75, 3.05) is 6.61 Å². The Morgan fingerprint density at radius 2 is 1.97 bits per heavy atom. The van der Waals surface area contributed by atoms with Gasteiger partial charge in [-0.3, -0.25) is 0 Å². The quantitative estimate of drug-likeness (QED) is 0.199. The van der Waals surface area contributed by atoms with Crippen molar-refractivity contribution in [3.63, 3.8) is 0 Å². The second kappa shape index (κ2) is 10.6. The number of carbonyl (C=O) groups is 1. The van der Waals surface area contributed by atoms with Crippen molar-refractivity contribution in [3.05, 3.63) is 119 Å². The number of hydrogen-bond donors (Lipinski definition) is 1. The fourth-order valence-electron chi connectivity index (χ4n) is 3.70. The number of carbonyl (C=O) groups excluding carboxylic acids is 1. The third-order valence-corrected chi connectivity index (χ3v) is 5.62. The predicted molar refractivity (Wildman–Crippen MR) is 134 cm³/mol. The Morgan fingerprint density at radius 1 is 1.14 bits per heavy atom. The molecule has 35 heavy (non-hydrogen) atoms. The third-order valence-electron chi connectivity index (χ3n) is 5.27. The molecule has 0 amide bonds. The molecule has 2 N–H and O–H groups in total. The number of benzene rings is 3. The molecule has 6 nitrogen and oxygen atoms in total. The van der Waals surface area contributed by atoms with Gasteiger partial charge in [-0.25, -0.2) is 4.79 Å². The van der Waals surface area contributed by atoms with Crippen LogP contribution in [0.1, 0.15) is 22.6 Å². The van der Waals surface area contributed by atoms with E-state index in [0.29, 0.717) is 34.3 Å². The van der Waals surface area contributed by atoms with Crippen LogP contribution in [0.25, 0.3) is 6.08 Å². The molecule has 1 aliphatic heterocycles. The summed E-state index contributed by atoms with van der Waals surface area (Å²) in [6.07, 6.45) is 4.53. The molecule has 1 aliphatic rings. The van der Waals surface area contributed by atoms with Crippen molar-refractivity contribution < 1.29 is 19.0 Å². The fraction of sp³-hybridized carbons (Fsp3) is 0.0714. The normalized spacial score (nSPS) is 14.6. The molecule has 0 saturated heterocycles. The zero-order chi connectivity index (χ0) is 24.8. The van der Waals surface area contributed by atoms with Crippen LogP contribution in [-0.4, -0.2) is 12.6 Å². The van der Waals surface area contributed by atoms with Gasteiger partial charge in [-0.15, -0.1) is 0 Å². The van der Waals surface area contributed by atoms with Gasteiger partial charge in [0.2, 0.25) is 5.88 Å². The van der Waals surface area contributed by atoms with E-state index in [0.717, 1.165) is 5.56 Å². The van der Waals surface area contributed by atoms with Crippen LogP contribution in [0.4, 0.5) is 0 Å². The van der Waals surface area contributed by atoms with Crippen LogP contribution < -0.4 is 19.9 Å². The Labute approximate surface area is 208 Å². The summed E-state index contributed by atoms with van der Waals surface area (Å²) in [5.41, 5.74) is 8.59. The van der Waals surface area contributed by atoms with Crippen molar-refractivity contribution in [3.8, 4) is 23.3 Å². The zero-order valence-electron chi connectivity index (χ0n) is 18.6. The Bertz CT molecular complexity index is 1390. The van der Waals surface area contributed by atoms with E-state index in [1.807, 2.05) is 30.3 Å². The van der Waals surface area contributed by atoms with E-state index < -0.39 is 11.9 Å². The topological polar surface area (TPSA) is 94.6 Å². The lowest BCUT2D eigenvalue weighted by Crippen LogP contribution is -2.21. The summed E-state index contributed by atoms with van der Waals surface area (Å²) in [5.74, 6) is 0.245. The Kier molecular flexibility index (Phi) is 7.20. The predicted octanol–water partition coefficient (Wildman–Crippen LogP) is 5.74. The van der Waals surface area contributed by atoms with E-state index in [1.54, 1.807) is 48.6 Å². The molecule has 0 aromatic heterocycles. The molecule has 3 aromatic carbocycles. The molecule has 4 rings (SSSR count). The van der Waals surface area contributed by atoms with Gasteiger partial charge in [0, 0.05) is 22.7 Å². The smallest absolute Gasteiger partial charge is 0.336 e. The summed E-state index contributed by atoms with van der Waals surface area (Å²) in [6, 6.07) is 21.7. The maximum Gasteiger partial charge on any atom is 0.336 e. The molecule has 174 valence electrons. The molecular weight excluding hydrogens is 464 g/mol. The van der Waals surface area contributed by atoms with Crippen molar-refractivity contribution in [2.24, 2.45) is 5.73 Å². The number of nitriles is 1. The molecule has 0 fully saturated rings. The minimum absolute atomic E-state index is 0.00972. The summed E-state index contributed by atoms with van der Waals surface area (Å²) < 4.78 is 16.8. The van der Waals surface area contributed by atoms with E-state index in [4.69, 9.17) is 31.5 Å². The lowest BCUT2D eigenvalue weighted by atomic mass is 9.83. The molecule has 7 heteroatoms. The first kappa shape index (κ1) is 23.7. The van der Waals surface area contributed by atoms with Gasteiger partial charge in [-0.05, 0) is 41.5 Å². The van der Waals surface area contributed by atoms with E-state index in [1.165, 1.54) is 6.08 Å². The number of rotatable bonds is 7. The average molecular weight is 485 g/mol. The van der Waals surface area contributed by atoms with Crippen molar-refractivity contribution in [1.29, 1.82) is 5.26 Å². The number of esters is 1. The highest BCUT2D eigenvalue weighted by Crippen LogP contribution is 2.44. The lowest BCUT2D eigenvalue weighted by molar-refractivity contribution is -0.128. The molecule has 1 heterocycles. The number of allylic oxidation sites excluding steroid dienone is 1. The van der Waals surface area contributed by atoms with Gasteiger partial charge in [0.1, 0.15) is 35.5 Å². The van der Waals surface area contributed by atoms with Crippen molar-refractivity contribution in [2.45, 2.75) is 5.92 Å². The number of ether oxygens (including phenoxy) is 3. The first-order valence-corrected chi connectivity index (χ1v) is 11.1. The summed E-state index contributed by atoms with van der Waals surface area (Å²) in [6.45, 7) is 4.02. The average Bonchev–Trinajstić information content (AvgIpc) is 2.86. The highest BCUT2D eigenvalue weighted by atomic mass is 35.5. The third kappa shape index (κ3) is 5.37. The maximum atomic E-state index is 12.3. The van der Waals surface area contributed by atoms with Gasteiger partial charge in [0.15, 0.2) is 0 Å². The van der Waals surface area contributed by atoms with Crippen LogP contribution in [0.15, 0.2) is 96.9 Å². The van der Waals surface area contributed by atoms with Crippen LogP contribution in [-0.2, 0) is 4.79 Å². The number of hydrogen-bond acceptors (Lipinski definition) is 6. The summed E-state index contributed by atoms with van der Waals surface area (Å²) >= 11 is 6.11.